The van der Waals surface area contributed by atoms with Gasteiger partial charge in [-0.1, -0.05) is 24.3 Å². The number of aromatic amines is 1. The summed E-state index contributed by atoms with van der Waals surface area (Å²) in [6.45, 7) is 2.50. The number of pyridine rings is 1. The first-order valence-corrected chi connectivity index (χ1v) is 12.2. The zero-order valence-corrected chi connectivity index (χ0v) is 19.4. The van der Waals surface area contributed by atoms with Gasteiger partial charge in [0.25, 0.3) is 0 Å². The van der Waals surface area contributed by atoms with E-state index in [0.29, 0.717) is 18.2 Å². The molecule has 2 N–H and O–H groups in total. The van der Waals surface area contributed by atoms with Crippen molar-refractivity contribution >= 4 is 28.3 Å². The smallest absolute Gasteiger partial charge is 0.306 e. The third-order valence-corrected chi connectivity index (χ3v) is 7.98. The maximum absolute atomic E-state index is 15.2. The summed E-state index contributed by atoms with van der Waals surface area (Å²) >= 11 is 0. The Morgan fingerprint density at radius 1 is 1.21 bits per heavy atom. The Morgan fingerprint density at radius 3 is 2.74 bits per heavy atom. The summed E-state index contributed by atoms with van der Waals surface area (Å²) in [5.41, 5.74) is 6.74. The number of aromatic nitrogens is 2. The minimum Gasteiger partial charge on any atom is -0.481 e. The molecule has 3 aliphatic rings. The van der Waals surface area contributed by atoms with E-state index in [1.165, 1.54) is 11.8 Å². The van der Waals surface area contributed by atoms with Gasteiger partial charge in [-0.05, 0) is 43.7 Å². The number of nitrogens with one attached hydrogen (secondary N) is 1. The third kappa shape index (κ3) is 3.41. The van der Waals surface area contributed by atoms with Crippen molar-refractivity contribution in [3.05, 3.63) is 53.6 Å². The zero-order chi connectivity index (χ0) is 23.4. The summed E-state index contributed by atoms with van der Waals surface area (Å²) < 4.78 is 15.2. The molecule has 6 nitrogen and oxygen atoms in total. The van der Waals surface area contributed by atoms with Crippen LogP contribution >= 0.6 is 0 Å². The molecular formula is C27H29FN4O2. The number of halogens is 1. The standard InChI is InChI=1S/C27H29FN4O2/c1-31-15-20-24-23(19-4-2-3-5-22(19)31)21(28)14-29-26(24)30-25(20)16-10-12-32(13-11-16)18-8-6-17(7-9-18)27(33)34/h2-5,10,14,17-18H,6-9,11-13,15H2,1H3,(H,29,30)(H,33,34)/t17-,18-. The minimum atomic E-state index is -0.653. The van der Waals surface area contributed by atoms with E-state index >= 15 is 4.39 Å². The summed E-state index contributed by atoms with van der Waals surface area (Å²) in [6, 6.07) is 8.45. The number of benzene rings is 1. The second-order valence-electron chi connectivity index (χ2n) is 9.87. The van der Waals surface area contributed by atoms with E-state index in [1.807, 2.05) is 24.3 Å². The van der Waals surface area contributed by atoms with E-state index in [4.69, 9.17) is 0 Å². The van der Waals surface area contributed by atoms with Crippen molar-refractivity contribution < 1.29 is 14.3 Å². The van der Waals surface area contributed by atoms with Gasteiger partial charge < -0.3 is 15.0 Å². The van der Waals surface area contributed by atoms with Gasteiger partial charge in [0.05, 0.1) is 12.1 Å². The van der Waals surface area contributed by atoms with Gasteiger partial charge in [-0.25, -0.2) is 9.37 Å². The van der Waals surface area contributed by atoms with Crippen molar-refractivity contribution in [2.45, 2.75) is 44.7 Å². The monoisotopic (exact) mass is 460 g/mol. The van der Waals surface area contributed by atoms with Gasteiger partial charge in [0.15, 0.2) is 0 Å². The molecular weight excluding hydrogens is 431 g/mol. The van der Waals surface area contributed by atoms with Crippen molar-refractivity contribution in [2.75, 3.05) is 25.0 Å². The summed E-state index contributed by atoms with van der Waals surface area (Å²) in [4.78, 5) is 23.9. The molecule has 1 fully saturated rings. The van der Waals surface area contributed by atoms with Crippen LogP contribution in [0.3, 0.4) is 0 Å². The van der Waals surface area contributed by atoms with Crippen LogP contribution in [0.1, 0.15) is 43.4 Å². The molecule has 34 heavy (non-hydrogen) atoms. The quantitative estimate of drug-likeness (QED) is 0.572. The molecule has 0 spiro atoms. The molecule has 0 amide bonds. The molecule has 1 saturated carbocycles. The first-order valence-electron chi connectivity index (χ1n) is 12.2. The van der Waals surface area contributed by atoms with Crippen molar-refractivity contribution in [2.24, 2.45) is 5.92 Å². The molecule has 1 aliphatic carbocycles. The second-order valence-corrected chi connectivity index (χ2v) is 9.87. The molecule has 176 valence electrons. The highest BCUT2D eigenvalue weighted by Gasteiger charge is 2.32. The summed E-state index contributed by atoms with van der Waals surface area (Å²) in [5.74, 6) is -1.12. The fourth-order valence-electron chi connectivity index (χ4n) is 6.16. The average Bonchev–Trinajstić information content (AvgIpc) is 3.15. The topological polar surface area (TPSA) is 72.5 Å². The predicted molar refractivity (Wildman–Crippen MR) is 131 cm³/mol. The van der Waals surface area contributed by atoms with Crippen LogP contribution in [0, 0.1) is 11.7 Å². The number of fused-ring (bicyclic) bond motifs is 2. The van der Waals surface area contributed by atoms with Crippen molar-refractivity contribution in [1.29, 1.82) is 0 Å². The lowest BCUT2D eigenvalue weighted by atomic mass is 9.84. The van der Waals surface area contributed by atoms with Gasteiger partial charge in [0, 0.05) is 66.2 Å². The summed E-state index contributed by atoms with van der Waals surface area (Å²) in [7, 11) is 2.06. The third-order valence-electron chi connectivity index (χ3n) is 7.98. The predicted octanol–water partition coefficient (Wildman–Crippen LogP) is 5.05. The van der Waals surface area contributed by atoms with Crippen molar-refractivity contribution in [1.82, 2.24) is 14.9 Å². The number of hydrogen-bond donors (Lipinski definition) is 2. The molecule has 3 aromatic rings. The van der Waals surface area contributed by atoms with Crippen LogP contribution < -0.4 is 4.90 Å². The Balaban J connectivity index is 1.33. The Hall–Kier alpha value is -3.19. The summed E-state index contributed by atoms with van der Waals surface area (Å²) in [5, 5.41) is 10.2. The fraction of sp³-hybridized carbons (Fsp3) is 0.407. The van der Waals surface area contributed by atoms with E-state index in [0.717, 1.165) is 78.7 Å². The molecule has 2 aromatic heterocycles. The molecule has 0 bridgehead atoms. The Kier molecular flexibility index (Phi) is 5.17. The van der Waals surface area contributed by atoms with Gasteiger partial charge in [0.1, 0.15) is 11.5 Å². The van der Waals surface area contributed by atoms with E-state index in [2.05, 4.69) is 32.9 Å². The number of nitrogens with zero attached hydrogens (tertiary/aromatic N) is 3. The number of carboxylic acid groups (broad SMARTS) is 1. The number of anilines is 1. The van der Waals surface area contributed by atoms with Gasteiger partial charge in [0.2, 0.25) is 0 Å². The molecule has 4 heterocycles. The molecule has 0 unspecified atom stereocenters. The van der Waals surface area contributed by atoms with Gasteiger partial charge in [-0.3, -0.25) is 9.69 Å². The number of H-pyrrole nitrogens is 1. The van der Waals surface area contributed by atoms with E-state index in [-0.39, 0.29) is 11.7 Å². The number of rotatable bonds is 3. The van der Waals surface area contributed by atoms with Gasteiger partial charge in [-0.2, -0.15) is 0 Å². The maximum Gasteiger partial charge on any atom is 0.306 e. The molecule has 2 aliphatic heterocycles. The Bertz CT molecular complexity index is 1310. The van der Waals surface area contributed by atoms with E-state index in [9.17, 15) is 9.90 Å². The Labute approximate surface area is 198 Å². The van der Waals surface area contributed by atoms with Crippen LogP contribution in [0.25, 0.3) is 27.7 Å². The molecule has 6 rings (SSSR count). The fourth-order valence-corrected chi connectivity index (χ4v) is 6.16. The lowest BCUT2D eigenvalue weighted by molar-refractivity contribution is -0.143. The van der Waals surface area contributed by atoms with E-state index in [1.54, 1.807) is 0 Å². The van der Waals surface area contributed by atoms with E-state index < -0.39 is 5.97 Å². The van der Waals surface area contributed by atoms with Crippen LogP contribution in [0.5, 0.6) is 0 Å². The molecule has 7 heteroatoms. The minimum absolute atomic E-state index is 0.182. The highest BCUT2D eigenvalue weighted by Crippen LogP contribution is 2.44. The molecule has 0 atom stereocenters. The lowest BCUT2D eigenvalue weighted by Crippen LogP contribution is -2.41. The largest absolute Gasteiger partial charge is 0.481 e. The van der Waals surface area contributed by atoms with Crippen LogP contribution in [0.15, 0.2) is 36.5 Å². The Morgan fingerprint density at radius 2 is 2.00 bits per heavy atom. The van der Waals surface area contributed by atoms with Crippen LogP contribution in [-0.2, 0) is 11.3 Å². The number of hydrogen-bond acceptors (Lipinski definition) is 4. The lowest BCUT2D eigenvalue weighted by Gasteiger charge is -2.37. The molecule has 0 saturated heterocycles. The SMILES string of the molecule is CN1Cc2c(C3=CCN([C@H]4CC[C@H](C(=O)O)CC4)CC3)[nH]c3ncc(F)c(c23)-c2ccccc21. The normalized spacial score (nSPS) is 22.9. The van der Waals surface area contributed by atoms with Crippen molar-refractivity contribution in [3.63, 3.8) is 0 Å². The second kappa shape index (κ2) is 8.24. The van der Waals surface area contributed by atoms with Crippen LogP contribution in [0.2, 0.25) is 0 Å². The number of carboxylic acids is 1. The number of aliphatic carboxylic acids is 1. The van der Waals surface area contributed by atoms with Crippen LogP contribution in [-0.4, -0.2) is 52.1 Å². The highest BCUT2D eigenvalue weighted by molar-refractivity contribution is 6.03. The van der Waals surface area contributed by atoms with Crippen LogP contribution in [0.4, 0.5) is 10.1 Å². The number of para-hydroxylation sites is 1. The maximum atomic E-state index is 15.2. The molecule has 1 aromatic carbocycles. The molecule has 0 radical (unpaired) electrons. The first-order chi connectivity index (χ1) is 16.5. The highest BCUT2D eigenvalue weighted by atomic mass is 19.1. The van der Waals surface area contributed by atoms with Gasteiger partial charge in [-0.15, -0.1) is 0 Å². The number of carbonyl (C=O) groups is 1. The first kappa shape index (κ1) is 21.4. The zero-order valence-electron chi connectivity index (χ0n) is 19.4. The average molecular weight is 461 g/mol. The van der Waals surface area contributed by atoms with Gasteiger partial charge >= 0.3 is 5.97 Å². The summed E-state index contributed by atoms with van der Waals surface area (Å²) in [6.07, 6.45) is 7.97. The van der Waals surface area contributed by atoms with Crippen molar-refractivity contribution in [3.8, 4) is 11.1 Å².